The lowest BCUT2D eigenvalue weighted by molar-refractivity contribution is 0.101. The summed E-state index contributed by atoms with van der Waals surface area (Å²) in [5.74, 6) is 0.444. The molecule has 0 atom stereocenters. The lowest BCUT2D eigenvalue weighted by Gasteiger charge is -2.03. The van der Waals surface area contributed by atoms with Crippen LogP contribution in [0.3, 0.4) is 0 Å². The number of ether oxygens (including phenoxy) is 1. The second-order valence-corrected chi connectivity index (χ2v) is 3.52. The fourth-order valence-corrected chi connectivity index (χ4v) is 1.57. The highest BCUT2D eigenvalue weighted by molar-refractivity contribution is 5.97. The third kappa shape index (κ3) is 1.69. The van der Waals surface area contributed by atoms with Crippen LogP contribution >= 0.6 is 0 Å². The Morgan fingerprint density at radius 3 is 2.69 bits per heavy atom. The van der Waals surface area contributed by atoms with E-state index in [0.717, 1.165) is 5.39 Å². The first-order chi connectivity index (χ1) is 7.61. The molecule has 0 unspecified atom stereocenters. The predicted molar refractivity (Wildman–Crippen MR) is 61.1 cm³/mol. The molecule has 4 heteroatoms. The van der Waals surface area contributed by atoms with Gasteiger partial charge in [-0.15, -0.1) is 0 Å². The summed E-state index contributed by atoms with van der Waals surface area (Å²) in [5, 5.41) is 0.782. The van der Waals surface area contributed by atoms with Gasteiger partial charge in [0.05, 0.1) is 12.7 Å². The zero-order valence-corrected chi connectivity index (χ0v) is 9.03. The first-order valence-corrected chi connectivity index (χ1v) is 4.84. The molecule has 2 aromatic rings. The molecule has 0 amide bonds. The number of aromatic amines is 1. The fraction of sp³-hybridized carbons (Fsp3) is 0.167. The number of nitrogens with one attached hydrogen (secondary N) is 1. The van der Waals surface area contributed by atoms with Crippen molar-refractivity contribution < 1.29 is 9.53 Å². The normalized spacial score (nSPS) is 10.4. The maximum atomic E-state index is 11.5. The van der Waals surface area contributed by atoms with Gasteiger partial charge < -0.3 is 9.72 Å². The number of carbonyl (C=O) groups is 1. The Balaban J connectivity index is 2.75. The van der Waals surface area contributed by atoms with Crippen LogP contribution in [0, 0.1) is 0 Å². The van der Waals surface area contributed by atoms with Gasteiger partial charge in [0.15, 0.2) is 5.78 Å². The fourth-order valence-electron chi connectivity index (χ4n) is 1.57. The third-order valence-electron chi connectivity index (χ3n) is 2.43. The molecule has 0 spiro atoms. The van der Waals surface area contributed by atoms with Crippen molar-refractivity contribution in [3.63, 3.8) is 0 Å². The molecule has 0 bridgehead atoms. The maximum Gasteiger partial charge on any atom is 0.259 e. The highest BCUT2D eigenvalue weighted by atomic mass is 16.5. The number of rotatable bonds is 2. The molecule has 1 N–H and O–H groups in total. The molecule has 1 heterocycles. The molecule has 0 aliphatic heterocycles. The molecule has 1 aromatic carbocycles. The standard InChI is InChI=1S/C12H11NO3/c1-7(14)10-6-8-5-9(16-2)3-4-11(8)13-12(10)15/h3-6H,1-2H3,(H,13,15). The van der Waals surface area contributed by atoms with E-state index >= 15 is 0 Å². The van der Waals surface area contributed by atoms with Crippen molar-refractivity contribution in [3.8, 4) is 5.75 Å². The van der Waals surface area contributed by atoms with Crippen molar-refractivity contribution in [1.82, 2.24) is 4.98 Å². The number of pyridine rings is 1. The zero-order chi connectivity index (χ0) is 11.7. The third-order valence-corrected chi connectivity index (χ3v) is 2.43. The number of H-pyrrole nitrogens is 1. The van der Waals surface area contributed by atoms with E-state index in [2.05, 4.69) is 4.98 Å². The molecular formula is C12H11NO3. The van der Waals surface area contributed by atoms with Gasteiger partial charge in [-0.2, -0.15) is 0 Å². The van der Waals surface area contributed by atoms with Gasteiger partial charge in [0.2, 0.25) is 0 Å². The number of benzene rings is 1. The molecule has 82 valence electrons. The molecule has 16 heavy (non-hydrogen) atoms. The average molecular weight is 217 g/mol. The number of methoxy groups -OCH3 is 1. The predicted octanol–water partition coefficient (Wildman–Crippen LogP) is 1.74. The van der Waals surface area contributed by atoms with Gasteiger partial charge >= 0.3 is 0 Å². The smallest absolute Gasteiger partial charge is 0.259 e. The largest absolute Gasteiger partial charge is 0.497 e. The van der Waals surface area contributed by atoms with Crippen LogP contribution in [-0.2, 0) is 0 Å². The van der Waals surface area contributed by atoms with Crippen molar-refractivity contribution in [2.24, 2.45) is 0 Å². The number of Topliss-reactive ketones (excluding diaryl/α,β-unsaturated/α-hetero) is 1. The first kappa shape index (κ1) is 10.4. The SMILES string of the molecule is COc1ccc2[nH]c(=O)c(C(C)=O)cc2c1. The summed E-state index contributed by atoms with van der Waals surface area (Å²) in [6.07, 6.45) is 0. The van der Waals surface area contributed by atoms with Crippen LogP contribution in [0.5, 0.6) is 5.75 Å². The number of aromatic nitrogens is 1. The summed E-state index contributed by atoms with van der Waals surface area (Å²) in [6, 6.07) is 6.86. The summed E-state index contributed by atoms with van der Waals surface area (Å²) in [6.45, 7) is 1.37. The summed E-state index contributed by atoms with van der Waals surface area (Å²) in [4.78, 5) is 25.4. The lowest BCUT2D eigenvalue weighted by atomic mass is 10.1. The van der Waals surface area contributed by atoms with Crippen molar-refractivity contribution in [2.45, 2.75) is 6.92 Å². The van der Waals surface area contributed by atoms with Crippen LogP contribution in [0.2, 0.25) is 0 Å². The number of ketones is 1. The van der Waals surface area contributed by atoms with E-state index in [9.17, 15) is 9.59 Å². The topological polar surface area (TPSA) is 59.2 Å². The van der Waals surface area contributed by atoms with Crippen LogP contribution < -0.4 is 10.3 Å². The minimum Gasteiger partial charge on any atom is -0.497 e. The van der Waals surface area contributed by atoms with E-state index in [1.165, 1.54) is 6.92 Å². The van der Waals surface area contributed by atoms with E-state index in [4.69, 9.17) is 4.74 Å². The Bertz CT molecular complexity index is 613. The molecule has 0 aliphatic rings. The minimum atomic E-state index is -0.356. The van der Waals surface area contributed by atoms with E-state index in [0.29, 0.717) is 11.3 Å². The van der Waals surface area contributed by atoms with Gasteiger partial charge in [-0.05, 0) is 31.2 Å². The quantitative estimate of drug-likeness (QED) is 0.779. The van der Waals surface area contributed by atoms with Crippen molar-refractivity contribution in [3.05, 3.63) is 40.2 Å². The second kappa shape index (κ2) is 3.81. The van der Waals surface area contributed by atoms with Crippen LogP contribution in [0.4, 0.5) is 0 Å². The molecule has 0 saturated heterocycles. The Labute approximate surface area is 91.9 Å². The highest BCUT2D eigenvalue weighted by Crippen LogP contribution is 2.18. The van der Waals surface area contributed by atoms with Crippen LogP contribution in [0.25, 0.3) is 10.9 Å². The van der Waals surface area contributed by atoms with Gasteiger partial charge in [-0.25, -0.2) is 0 Å². The molecule has 1 aromatic heterocycles. The Kier molecular flexibility index (Phi) is 2.48. The molecule has 0 fully saturated rings. The van der Waals surface area contributed by atoms with Gasteiger partial charge in [0.1, 0.15) is 5.75 Å². The second-order valence-electron chi connectivity index (χ2n) is 3.52. The molecule has 0 saturated carbocycles. The van der Waals surface area contributed by atoms with Crippen molar-refractivity contribution >= 4 is 16.7 Å². The van der Waals surface area contributed by atoms with E-state index in [1.807, 2.05) is 0 Å². The molecule has 2 rings (SSSR count). The summed E-state index contributed by atoms with van der Waals surface area (Å²) in [5.41, 5.74) is 0.502. The number of carbonyl (C=O) groups excluding carboxylic acids is 1. The number of hydrogen-bond acceptors (Lipinski definition) is 3. The minimum absolute atomic E-state index is 0.167. The molecular weight excluding hydrogens is 206 g/mol. The van der Waals surface area contributed by atoms with Crippen molar-refractivity contribution in [1.29, 1.82) is 0 Å². The number of hydrogen-bond donors (Lipinski definition) is 1. The van der Waals surface area contributed by atoms with E-state index in [-0.39, 0.29) is 16.9 Å². The van der Waals surface area contributed by atoms with Crippen LogP contribution in [0.15, 0.2) is 29.1 Å². The Morgan fingerprint density at radius 2 is 2.06 bits per heavy atom. The van der Waals surface area contributed by atoms with E-state index < -0.39 is 0 Å². The Morgan fingerprint density at radius 1 is 1.31 bits per heavy atom. The average Bonchev–Trinajstić information content (AvgIpc) is 2.27. The molecule has 4 nitrogen and oxygen atoms in total. The number of fused-ring (bicyclic) bond motifs is 1. The molecule has 0 radical (unpaired) electrons. The van der Waals surface area contributed by atoms with Crippen LogP contribution in [0.1, 0.15) is 17.3 Å². The highest BCUT2D eigenvalue weighted by Gasteiger charge is 2.07. The lowest BCUT2D eigenvalue weighted by Crippen LogP contribution is -2.15. The first-order valence-electron chi connectivity index (χ1n) is 4.84. The maximum absolute atomic E-state index is 11.5. The van der Waals surface area contributed by atoms with Gasteiger partial charge in [-0.1, -0.05) is 0 Å². The van der Waals surface area contributed by atoms with Gasteiger partial charge in [0.25, 0.3) is 5.56 Å². The van der Waals surface area contributed by atoms with Crippen LogP contribution in [-0.4, -0.2) is 17.9 Å². The Hall–Kier alpha value is -2.10. The van der Waals surface area contributed by atoms with Gasteiger partial charge in [-0.3, -0.25) is 9.59 Å². The monoisotopic (exact) mass is 217 g/mol. The van der Waals surface area contributed by atoms with Gasteiger partial charge in [0, 0.05) is 10.9 Å². The zero-order valence-electron chi connectivity index (χ0n) is 9.03. The molecule has 0 aliphatic carbocycles. The van der Waals surface area contributed by atoms with E-state index in [1.54, 1.807) is 31.4 Å². The summed E-state index contributed by atoms with van der Waals surface area (Å²) < 4.78 is 5.08. The van der Waals surface area contributed by atoms with Crippen molar-refractivity contribution in [2.75, 3.05) is 7.11 Å². The summed E-state index contributed by atoms with van der Waals surface area (Å²) >= 11 is 0. The summed E-state index contributed by atoms with van der Waals surface area (Å²) in [7, 11) is 1.57.